The molecule has 0 aliphatic rings. The van der Waals surface area contributed by atoms with Gasteiger partial charge in [0, 0.05) is 17.4 Å². The van der Waals surface area contributed by atoms with Crippen molar-refractivity contribution in [2.75, 3.05) is 6.54 Å². The predicted octanol–water partition coefficient (Wildman–Crippen LogP) is 3.02. The van der Waals surface area contributed by atoms with Crippen molar-refractivity contribution in [3.05, 3.63) is 27.4 Å². The Morgan fingerprint density at radius 2 is 2.14 bits per heavy atom. The van der Waals surface area contributed by atoms with Gasteiger partial charge in [0.1, 0.15) is 10.7 Å². The van der Waals surface area contributed by atoms with Gasteiger partial charge in [-0.05, 0) is 40.4 Å². The van der Waals surface area contributed by atoms with E-state index < -0.39 is 21.8 Å². The van der Waals surface area contributed by atoms with Crippen LogP contribution in [0.1, 0.15) is 19.8 Å². The Labute approximate surface area is 135 Å². The molecule has 0 amide bonds. The highest BCUT2D eigenvalue weighted by molar-refractivity contribution is 9.10. The minimum atomic E-state index is -3.91. The minimum Gasteiger partial charge on any atom is -0.481 e. The molecule has 118 valence electrons. The van der Waals surface area contributed by atoms with Crippen LogP contribution in [0.2, 0.25) is 5.02 Å². The molecule has 2 N–H and O–H groups in total. The van der Waals surface area contributed by atoms with E-state index in [0.717, 1.165) is 12.1 Å². The Kier molecular flexibility index (Phi) is 6.58. The third-order valence-electron chi connectivity index (χ3n) is 2.68. The number of hydrogen-bond donors (Lipinski definition) is 2. The first-order valence-electron chi connectivity index (χ1n) is 5.99. The lowest BCUT2D eigenvalue weighted by Crippen LogP contribution is -2.27. The Balaban J connectivity index is 2.77. The van der Waals surface area contributed by atoms with Crippen LogP contribution in [0.3, 0.4) is 0 Å². The number of aliphatic carboxylic acids is 1. The molecule has 0 spiro atoms. The van der Waals surface area contributed by atoms with Gasteiger partial charge in [0.05, 0.1) is 5.02 Å². The van der Waals surface area contributed by atoms with Gasteiger partial charge in [-0.15, -0.1) is 0 Å². The molecule has 0 bridgehead atoms. The second kappa shape index (κ2) is 7.53. The molecule has 0 saturated heterocycles. The average molecular weight is 403 g/mol. The SMILES string of the molecule is C[C@H](CCNS(=O)(=O)c1c(Cl)cc(F)cc1Br)CC(=O)O. The average Bonchev–Trinajstić information content (AvgIpc) is 2.24. The van der Waals surface area contributed by atoms with Crippen molar-refractivity contribution in [3.8, 4) is 0 Å². The number of carboxylic acid groups (broad SMARTS) is 1. The number of benzene rings is 1. The number of halogens is 3. The van der Waals surface area contributed by atoms with Gasteiger partial charge >= 0.3 is 5.97 Å². The van der Waals surface area contributed by atoms with Gasteiger partial charge in [-0.25, -0.2) is 17.5 Å². The van der Waals surface area contributed by atoms with Crippen LogP contribution in [0.5, 0.6) is 0 Å². The maximum Gasteiger partial charge on any atom is 0.303 e. The summed E-state index contributed by atoms with van der Waals surface area (Å²) in [4.78, 5) is 10.3. The van der Waals surface area contributed by atoms with Crippen LogP contribution in [-0.2, 0) is 14.8 Å². The third kappa shape index (κ3) is 5.54. The summed E-state index contributed by atoms with van der Waals surface area (Å²) in [6, 6.07) is 1.92. The van der Waals surface area contributed by atoms with Gasteiger partial charge in [0.15, 0.2) is 0 Å². The van der Waals surface area contributed by atoms with Crippen LogP contribution in [0.4, 0.5) is 4.39 Å². The summed E-state index contributed by atoms with van der Waals surface area (Å²) in [6.07, 6.45) is 0.324. The van der Waals surface area contributed by atoms with Gasteiger partial charge in [-0.1, -0.05) is 18.5 Å². The van der Waals surface area contributed by atoms with Crippen molar-refractivity contribution in [3.63, 3.8) is 0 Å². The number of rotatable bonds is 7. The molecule has 0 radical (unpaired) electrons. The zero-order chi connectivity index (χ0) is 16.2. The Morgan fingerprint density at radius 3 is 2.67 bits per heavy atom. The van der Waals surface area contributed by atoms with Crippen LogP contribution >= 0.6 is 27.5 Å². The normalized spacial score (nSPS) is 13.1. The Morgan fingerprint density at radius 1 is 1.52 bits per heavy atom. The lowest BCUT2D eigenvalue weighted by molar-refractivity contribution is -0.138. The van der Waals surface area contributed by atoms with E-state index in [1.807, 2.05) is 0 Å². The molecule has 1 atom stereocenters. The fourth-order valence-corrected chi connectivity index (χ4v) is 4.56. The van der Waals surface area contributed by atoms with E-state index >= 15 is 0 Å². The van der Waals surface area contributed by atoms with Crippen LogP contribution in [0.15, 0.2) is 21.5 Å². The maximum atomic E-state index is 13.1. The highest BCUT2D eigenvalue weighted by Gasteiger charge is 2.22. The van der Waals surface area contributed by atoms with Crippen LogP contribution in [0, 0.1) is 11.7 Å². The van der Waals surface area contributed by atoms with E-state index in [9.17, 15) is 17.6 Å². The first-order valence-corrected chi connectivity index (χ1v) is 8.65. The Bertz CT molecular complexity index is 615. The van der Waals surface area contributed by atoms with Gasteiger partial charge < -0.3 is 5.11 Å². The van der Waals surface area contributed by atoms with E-state index in [2.05, 4.69) is 20.7 Å². The maximum absolute atomic E-state index is 13.1. The van der Waals surface area contributed by atoms with Crippen LogP contribution < -0.4 is 4.72 Å². The molecule has 1 rings (SSSR count). The van der Waals surface area contributed by atoms with E-state index in [4.69, 9.17) is 16.7 Å². The first-order chi connectivity index (χ1) is 9.63. The molecule has 0 fully saturated rings. The largest absolute Gasteiger partial charge is 0.481 e. The number of carboxylic acids is 1. The van der Waals surface area contributed by atoms with Gasteiger partial charge in [-0.2, -0.15) is 0 Å². The number of nitrogens with one attached hydrogen (secondary N) is 1. The second-order valence-electron chi connectivity index (χ2n) is 4.59. The summed E-state index contributed by atoms with van der Waals surface area (Å²) >= 11 is 8.73. The Hall–Kier alpha value is -0.700. The molecule has 9 heteroatoms. The van der Waals surface area contributed by atoms with Crippen molar-refractivity contribution < 1.29 is 22.7 Å². The number of sulfonamides is 1. The summed E-state index contributed by atoms with van der Waals surface area (Å²) in [5, 5.41) is 8.39. The lowest BCUT2D eigenvalue weighted by atomic mass is 10.0. The van der Waals surface area contributed by atoms with E-state index in [-0.39, 0.29) is 33.3 Å². The third-order valence-corrected chi connectivity index (χ3v) is 5.54. The highest BCUT2D eigenvalue weighted by Crippen LogP contribution is 2.30. The zero-order valence-corrected chi connectivity index (χ0v) is 14.2. The smallest absolute Gasteiger partial charge is 0.303 e. The molecule has 0 unspecified atom stereocenters. The monoisotopic (exact) mass is 401 g/mol. The van der Waals surface area contributed by atoms with E-state index in [1.54, 1.807) is 6.92 Å². The molecule has 0 aliphatic carbocycles. The van der Waals surface area contributed by atoms with Crippen molar-refractivity contribution in [1.29, 1.82) is 0 Å². The number of hydrogen-bond acceptors (Lipinski definition) is 3. The molecule has 21 heavy (non-hydrogen) atoms. The topological polar surface area (TPSA) is 83.5 Å². The van der Waals surface area contributed by atoms with Crippen LogP contribution in [0.25, 0.3) is 0 Å². The molecule has 0 heterocycles. The molecule has 1 aromatic rings. The van der Waals surface area contributed by atoms with E-state index in [0.29, 0.717) is 6.42 Å². The molecular formula is C12H14BrClFNO4S. The fraction of sp³-hybridized carbons (Fsp3) is 0.417. The molecule has 1 aromatic carbocycles. The van der Waals surface area contributed by atoms with Crippen molar-refractivity contribution >= 4 is 43.5 Å². The van der Waals surface area contributed by atoms with Crippen molar-refractivity contribution in [2.45, 2.75) is 24.7 Å². The molecule has 0 aliphatic heterocycles. The summed E-state index contributed by atoms with van der Waals surface area (Å²) in [7, 11) is -3.91. The summed E-state index contributed by atoms with van der Waals surface area (Å²) in [6.45, 7) is 1.78. The minimum absolute atomic E-state index is 0.0265. The first kappa shape index (κ1) is 18.3. The van der Waals surface area contributed by atoms with E-state index in [1.165, 1.54) is 0 Å². The molecular weight excluding hydrogens is 389 g/mol. The second-order valence-corrected chi connectivity index (χ2v) is 7.55. The summed E-state index contributed by atoms with van der Waals surface area (Å²) in [5.41, 5.74) is 0. The van der Waals surface area contributed by atoms with Gasteiger partial charge in [0.2, 0.25) is 10.0 Å². The summed E-state index contributed by atoms with van der Waals surface area (Å²) in [5.74, 6) is -1.76. The summed E-state index contributed by atoms with van der Waals surface area (Å²) < 4.78 is 39.7. The zero-order valence-electron chi connectivity index (χ0n) is 11.1. The quantitative estimate of drug-likeness (QED) is 0.734. The molecule has 5 nitrogen and oxygen atoms in total. The molecule has 0 aromatic heterocycles. The van der Waals surface area contributed by atoms with Crippen molar-refractivity contribution in [1.82, 2.24) is 4.72 Å². The van der Waals surface area contributed by atoms with Crippen molar-refractivity contribution in [2.24, 2.45) is 5.92 Å². The number of carbonyl (C=O) groups is 1. The molecule has 0 saturated carbocycles. The van der Waals surface area contributed by atoms with Crippen LogP contribution in [-0.4, -0.2) is 26.0 Å². The fourth-order valence-electron chi connectivity index (χ4n) is 1.70. The van der Waals surface area contributed by atoms with Gasteiger partial charge in [0.25, 0.3) is 0 Å². The standard InChI is InChI=1S/C12H14BrClFNO4S/c1-7(4-11(17)18)2-3-16-21(19,20)12-9(13)5-8(15)6-10(12)14/h5-7,16H,2-4H2,1H3,(H,17,18)/t7-/m1/s1. The predicted molar refractivity (Wildman–Crippen MR) is 80.3 cm³/mol. The highest BCUT2D eigenvalue weighted by atomic mass is 79.9. The van der Waals surface area contributed by atoms with Gasteiger partial charge in [-0.3, -0.25) is 4.79 Å². The lowest BCUT2D eigenvalue weighted by Gasteiger charge is -2.12.